The van der Waals surface area contributed by atoms with Crippen molar-refractivity contribution in [3.8, 4) is 17.2 Å². The maximum absolute atomic E-state index is 12.3. The summed E-state index contributed by atoms with van der Waals surface area (Å²) in [6, 6.07) is 23.5. The van der Waals surface area contributed by atoms with E-state index in [0.717, 1.165) is 9.87 Å². The van der Waals surface area contributed by atoms with Crippen LogP contribution in [0.15, 0.2) is 78.9 Å². The topological polar surface area (TPSA) is 84.9 Å². The number of amides is 1. The van der Waals surface area contributed by atoms with E-state index in [1.54, 1.807) is 18.2 Å². The normalized spacial score (nSPS) is 14.5. The minimum atomic E-state index is -3.95. The maximum atomic E-state index is 12.3. The summed E-state index contributed by atoms with van der Waals surface area (Å²) in [6.45, 7) is -0.0686. The fourth-order valence-electron chi connectivity index (χ4n) is 2.90. The number of benzene rings is 3. The summed E-state index contributed by atoms with van der Waals surface area (Å²) >= 11 is 0. The molecule has 30 heavy (non-hydrogen) atoms. The molecule has 1 N–H and O–H groups in total. The second-order valence-corrected chi connectivity index (χ2v) is 7.95. The number of ether oxygens (including phenoxy) is 2. The SMILES string of the molecule is O=C1CN(c2ccc(Oc3ccccc3)cc2OCc2ccccc2)S(=O)(=O)N1.[H-].[K+]. The van der Waals surface area contributed by atoms with Gasteiger partial charge < -0.3 is 10.9 Å². The van der Waals surface area contributed by atoms with Gasteiger partial charge in [-0.25, -0.2) is 9.03 Å². The Bertz CT molecular complexity index is 1130. The van der Waals surface area contributed by atoms with Crippen molar-refractivity contribution in [3.05, 3.63) is 84.4 Å². The average molecular weight is 451 g/mol. The van der Waals surface area contributed by atoms with Gasteiger partial charge >= 0.3 is 61.6 Å². The van der Waals surface area contributed by atoms with Gasteiger partial charge in [-0.1, -0.05) is 48.5 Å². The molecular weight excluding hydrogens is 431 g/mol. The van der Waals surface area contributed by atoms with Gasteiger partial charge in [-0.2, -0.15) is 8.42 Å². The van der Waals surface area contributed by atoms with Gasteiger partial charge in [-0.3, -0.25) is 4.79 Å². The van der Waals surface area contributed by atoms with Crippen LogP contribution in [0, 0.1) is 0 Å². The van der Waals surface area contributed by atoms with Gasteiger partial charge in [-0.05, 0) is 29.8 Å². The molecule has 3 aromatic carbocycles. The summed E-state index contributed by atoms with van der Waals surface area (Å²) < 4.78 is 39.3. The van der Waals surface area contributed by atoms with Crippen LogP contribution < -0.4 is 69.9 Å². The Hall–Kier alpha value is -1.88. The van der Waals surface area contributed by atoms with E-state index in [0.29, 0.717) is 17.2 Å². The monoisotopic (exact) mass is 450 g/mol. The van der Waals surface area contributed by atoms with Crippen molar-refractivity contribution in [1.82, 2.24) is 4.72 Å². The molecule has 1 aliphatic heterocycles. The molecule has 0 spiro atoms. The molecule has 0 radical (unpaired) electrons. The van der Waals surface area contributed by atoms with Crippen molar-refractivity contribution in [2.45, 2.75) is 6.61 Å². The first-order valence-corrected chi connectivity index (χ1v) is 10.3. The van der Waals surface area contributed by atoms with Crippen molar-refractivity contribution < 1.29 is 75.5 Å². The molecule has 1 heterocycles. The minimum Gasteiger partial charge on any atom is -1.00 e. The summed E-state index contributed by atoms with van der Waals surface area (Å²) in [5.41, 5.74) is 1.19. The zero-order chi connectivity index (χ0) is 20.3. The number of anilines is 1. The molecule has 1 fully saturated rings. The van der Waals surface area contributed by atoms with E-state index in [1.807, 2.05) is 65.4 Å². The fraction of sp³-hybridized carbons (Fsp3) is 0.0952. The first kappa shape index (κ1) is 22.8. The number of para-hydroxylation sites is 1. The molecule has 1 amide bonds. The summed E-state index contributed by atoms with van der Waals surface area (Å²) in [4.78, 5) is 11.6. The third-order valence-electron chi connectivity index (χ3n) is 4.24. The Balaban J connectivity index is 0.00000171. The molecule has 0 unspecified atom stereocenters. The van der Waals surface area contributed by atoms with Crippen molar-refractivity contribution in [1.29, 1.82) is 0 Å². The third kappa shape index (κ3) is 5.42. The van der Waals surface area contributed by atoms with Gasteiger partial charge in [0.25, 0.3) is 5.91 Å². The summed E-state index contributed by atoms with van der Waals surface area (Å²) in [6.07, 6.45) is 0. The van der Waals surface area contributed by atoms with Gasteiger partial charge in [0.05, 0.1) is 5.69 Å². The smallest absolute Gasteiger partial charge is 1.00 e. The maximum Gasteiger partial charge on any atom is 1.00 e. The number of nitrogens with zero attached hydrogens (tertiary/aromatic N) is 1. The molecule has 0 bridgehead atoms. The Morgan fingerprint density at radius 1 is 0.933 bits per heavy atom. The molecule has 0 aromatic heterocycles. The van der Waals surface area contributed by atoms with Crippen molar-refractivity contribution in [2.75, 3.05) is 10.8 Å². The molecule has 4 rings (SSSR count). The zero-order valence-corrected chi connectivity index (χ0v) is 20.3. The van der Waals surface area contributed by atoms with Gasteiger partial charge in [-0.15, -0.1) is 0 Å². The van der Waals surface area contributed by atoms with Crippen LogP contribution in [0.1, 0.15) is 6.99 Å². The summed E-state index contributed by atoms with van der Waals surface area (Å²) in [5.74, 6) is 0.824. The van der Waals surface area contributed by atoms with Crippen LogP contribution in [0.2, 0.25) is 0 Å². The van der Waals surface area contributed by atoms with E-state index in [2.05, 4.69) is 0 Å². The number of hydrogen-bond donors (Lipinski definition) is 1. The van der Waals surface area contributed by atoms with E-state index >= 15 is 0 Å². The predicted octanol–water partition coefficient (Wildman–Crippen LogP) is 0.355. The van der Waals surface area contributed by atoms with E-state index in [4.69, 9.17) is 9.47 Å². The molecule has 0 aliphatic carbocycles. The van der Waals surface area contributed by atoms with Crippen molar-refractivity contribution in [2.24, 2.45) is 0 Å². The van der Waals surface area contributed by atoms with Crippen LogP contribution in [-0.4, -0.2) is 20.9 Å². The quantitative estimate of drug-likeness (QED) is 0.548. The second-order valence-electron chi connectivity index (χ2n) is 6.36. The van der Waals surface area contributed by atoms with Gasteiger partial charge in [0.2, 0.25) is 0 Å². The van der Waals surface area contributed by atoms with Crippen LogP contribution in [-0.2, 0) is 21.6 Å². The second kappa shape index (κ2) is 9.95. The van der Waals surface area contributed by atoms with Crippen LogP contribution >= 0.6 is 0 Å². The number of hydrogen-bond acceptors (Lipinski definition) is 5. The Morgan fingerprint density at radius 2 is 1.60 bits per heavy atom. The number of rotatable bonds is 6. The molecule has 7 nitrogen and oxygen atoms in total. The molecule has 1 saturated heterocycles. The number of nitrogens with one attached hydrogen (secondary N) is 1. The van der Waals surface area contributed by atoms with Crippen molar-refractivity contribution in [3.63, 3.8) is 0 Å². The largest absolute Gasteiger partial charge is 1.00 e. The Kier molecular flexibility index (Phi) is 7.56. The molecule has 0 saturated carbocycles. The van der Waals surface area contributed by atoms with Gasteiger partial charge in [0, 0.05) is 6.07 Å². The van der Waals surface area contributed by atoms with Crippen LogP contribution in [0.4, 0.5) is 5.69 Å². The number of carbonyl (C=O) groups is 1. The molecule has 9 heteroatoms. The third-order valence-corrected chi connectivity index (χ3v) is 5.63. The molecule has 150 valence electrons. The Morgan fingerprint density at radius 3 is 2.23 bits per heavy atom. The van der Waals surface area contributed by atoms with Gasteiger partial charge in [0.15, 0.2) is 0 Å². The number of carbonyl (C=O) groups excluding carboxylic acids is 1. The summed E-state index contributed by atoms with van der Waals surface area (Å²) in [5, 5.41) is 0. The predicted molar refractivity (Wildman–Crippen MR) is 109 cm³/mol. The molecular formula is C21H19KN2O5S. The van der Waals surface area contributed by atoms with Crippen molar-refractivity contribution >= 4 is 21.8 Å². The van der Waals surface area contributed by atoms with E-state index < -0.39 is 16.1 Å². The van der Waals surface area contributed by atoms with E-state index in [9.17, 15) is 13.2 Å². The minimum absolute atomic E-state index is 0. The molecule has 3 aromatic rings. The average Bonchev–Trinajstić information content (AvgIpc) is 3.00. The van der Waals surface area contributed by atoms with Gasteiger partial charge in [0.1, 0.15) is 30.4 Å². The fourth-order valence-corrected chi connectivity index (χ4v) is 4.06. The molecule has 0 atom stereocenters. The van der Waals surface area contributed by atoms with Crippen LogP contribution in [0.25, 0.3) is 0 Å². The summed E-state index contributed by atoms with van der Waals surface area (Å²) in [7, 11) is -3.95. The van der Waals surface area contributed by atoms with E-state index in [1.165, 1.54) is 0 Å². The standard InChI is InChI=1S/C21H18N2O5S.K.H/c24-21-14-23(29(25,26)22-21)19-12-11-18(28-17-9-5-2-6-10-17)13-20(19)27-15-16-7-3-1-4-8-16;;/h1-13H,14-15H2,(H,22,24);;/q;+1;-1. The van der Waals surface area contributed by atoms with Crippen LogP contribution in [0.5, 0.6) is 17.2 Å². The van der Waals surface area contributed by atoms with E-state index in [-0.39, 0.29) is 71.7 Å². The first-order valence-electron chi connectivity index (χ1n) is 8.88. The van der Waals surface area contributed by atoms with Crippen LogP contribution in [0.3, 0.4) is 0 Å². The first-order chi connectivity index (χ1) is 14.0. The Labute approximate surface area is 219 Å². The zero-order valence-electron chi connectivity index (χ0n) is 17.3. The molecule has 1 aliphatic rings.